The van der Waals surface area contributed by atoms with E-state index in [1.54, 1.807) is 6.07 Å². The van der Waals surface area contributed by atoms with E-state index >= 15 is 0 Å². The van der Waals surface area contributed by atoms with Crippen molar-refractivity contribution in [1.82, 2.24) is 10.2 Å². The van der Waals surface area contributed by atoms with Crippen LogP contribution in [0.2, 0.25) is 0 Å². The van der Waals surface area contributed by atoms with Crippen LogP contribution in [0.15, 0.2) is 18.2 Å². The van der Waals surface area contributed by atoms with Gasteiger partial charge in [0.2, 0.25) is 5.91 Å². The first kappa shape index (κ1) is 18.9. The van der Waals surface area contributed by atoms with E-state index < -0.39 is 23.3 Å². The standard InChI is InChI=1S/C21H26FN3O3/c1-2-14-8-10-21(11-9-14)19(27)25(20(28)23-21)13-17(26)24-12-4-6-15-5-3-7-16(22)18(15)24/h3,5,7,14H,2,4,6,8-13H2,1H3,(H,23,28). The number of rotatable bonds is 3. The van der Waals surface area contributed by atoms with Crippen LogP contribution in [-0.4, -0.2) is 41.4 Å². The van der Waals surface area contributed by atoms with Gasteiger partial charge in [-0.1, -0.05) is 25.5 Å². The number of aryl methyl sites for hydroxylation is 1. The van der Waals surface area contributed by atoms with E-state index in [0.29, 0.717) is 31.7 Å². The summed E-state index contributed by atoms with van der Waals surface area (Å²) in [7, 11) is 0. The zero-order valence-corrected chi connectivity index (χ0v) is 16.2. The largest absolute Gasteiger partial charge is 0.325 e. The third-order valence-electron chi connectivity index (χ3n) is 6.54. The van der Waals surface area contributed by atoms with Gasteiger partial charge in [-0.3, -0.25) is 14.5 Å². The Labute approximate surface area is 164 Å². The van der Waals surface area contributed by atoms with Crippen LogP contribution in [0.5, 0.6) is 0 Å². The van der Waals surface area contributed by atoms with E-state index in [1.165, 1.54) is 11.0 Å². The highest BCUT2D eigenvalue weighted by Crippen LogP contribution is 2.38. The number of anilines is 1. The second kappa shape index (κ2) is 7.18. The molecule has 0 bridgehead atoms. The molecule has 1 saturated carbocycles. The van der Waals surface area contributed by atoms with Gasteiger partial charge in [0.05, 0.1) is 5.69 Å². The van der Waals surface area contributed by atoms with Crippen LogP contribution in [-0.2, 0) is 16.0 Å². The Morgan fingerprint density at radius 2 is 2.04 bits per heavy atom. The van der Waals surface area contributed by atoms with Gasteiger partial charge in [-0.05, 0) is 56.1 Å². The van der Waals surface area contributed by atoms with E-state index in [9.17, 15) is 18.8 Å². The van der Waals surface area contributed by atoms with Crippen molar-refractivity contribution >= 4 is 23.5 Å². The van der Waals surface area contributed by atoms with Crippen molar-refractivity contribution in [2.75, 3.05) is 18.0 Å². The quantitative estimate of drug-likeness (QED) is 0.811. The van der Waals surface area contributed by atoms with Gasteiger partial charge in [0.1, 0.15) is 17.9 Å². The lowest BCUT2D eigenvalue weighted by Gasteiger charge is -2.34. The van der Waals surface area contributed by atoms with Crippen LogP contribution in [0, 0.1) is 11.7 Å². The normalized spacial score (nSPS) is 27.1. The molecule has 2 heterocycles. The number of nitrogens with one attached hydrogen (secondary N) is 1. The monoisotopic (exact) mass is 387 g/mol. The molecule has 0 aromatic heterocycles. The fraction of sp³-hybridized carbons (Fsp3) is 0.571. The van der Waals surface area contributed by atoms with E-state index in [1.807, 2.05) is 6.07 Å². The molecular weight excluding hydrogens is 361 g/mol. The number of fused-ring (bicyclic) bond motifs is 1. The van der Waals surface area contributed by atoms with Crippen molar-refractivity contribution in [3.05, 3.63) is 29.6 Å². The Balaban J connectivity index is 1.50. The summed E-state index contributed by atoms with van der Waals surface area (Å²) in [6, 6.07) is 4.27. The first-order valence-corrected chi connectivity index (χ1v) is 10.2. The zero-order valence-electron chi connectivity index (χ0n) is 16.2. The highest BCUT2D eigenvalue weighted by Gasteiger charge is 2.52. The Kier molecular flexibility index (Phi) is 4.85. The number of nitrogens with zero attached hydrogens (tertiary/aromatic N) is 2. The van der Waals surface area contributed by atoms with Crippen LogP contribution in [0.4, 0.5) is 14.9 Å². The number of imide groups is 1. The molecule has 1 aromatic rings. The molecule has 3 aliphatic rings. The molecule has 1 saturated heterocycles. The molecule has 2 aliphatic heterocycles. The third-order valence-corrected chi connectivity index (χ3v) is 6.54. The maximum absolute atomic E-state index is 14.4. The smallest absolute Gasteiger partial charge is 0.323 e. The molecule has 1 aliphatic carbocycles. The minimum Gasteiger partial charge on any atom is -0.323 e. The van der Waals surface area contributed by atoms with Crippen LogP contribution < -0.4 is 10.2 Å². The highest BCUT2D eigenvalue weighted by molar-refractivity contribution is 6.10. The number of urea groups is 1. The van der Waals surface area contributed by atoms with Crippen molar-refractivity contribution in [2.45, 2.75) is 57.4 Å². The molecule has 0 atom stereocenters. The molecule has 150 valence electrons. The summed E-state index contributed by atoms with van der Waals surface area (Å²) in [5.74, 6) is -0.601. The number of hydrogen-bond donors (Lipinski definition) is 1. The third kappa shape index (κ3) is 3.06. The molecule has 4 amide bonds. The van der Waals surface area contributed by atoms with Crippen molar-refractivity contribution < 1.29 is 18.8 Å². The van der Waals surface area contributed by atoms with E-state index in [0.717, 1.165) is 36.1 Å². The van der Waals surface area contributed by atoms with Crippen molar-refractivity contribution in [2.24, 2.45) is 5.92 Å². The predicted octanol–water partition coefficient (Wildman–Crippen LogP) is 3.00. The number of hydrogen-bond acceptors (Lipinski definition) is 3. The number of carbonyl (C=O) groups is 3. The SMILES string of the molecule is CCC1CCC2(CC1)NC(=O)N(CC(=O)N1CCCc3cccc(F)c31)C2=O. The first-order valence-electron chi connectivity index (χ1n) is 10.2. The van der Waals surface area contributed by atoms with Gasteiger partial charge in [-0.2, -0.15) is 0 Å². The summed E-state index contributed by atoms with van der Waals surface area (Å²) in [5, 5.41) is 2.85. The Morgan fingerprint density at radius 3 is 2.75 bits per heavy atom. The minimum absolute atomic E-state index is 0.281. The van der Waals surface area contributed by atoms with Gasteiger partial charge in [-0.15, -0.1) is 0 Å². The molecule has 6 nitrogen and oxygen atoms in total. The minimum atomic E-state index is -0.867. The fourth-order valence-corrected chi connectivity index (χ4v) is 4.81. The summed E-state index contributed by atoms with van der Waals surface area (Å²) in [5.41, 5.74) is 0.198. The molecule has 28 heavy (non-hydrogen) atoms. The lowest BCUT2D eigenvalue weighted by atomic mass is 9.75. The maximum Gasteiger partial charge on any atom is 0.325 e. The molecule has 4 rings (SSSR count). The number of halogens is 1. The average molecular weight is 387 g/mol. The summed E-state index contributed by atoms with van der Waals surface area (Å²) in [4.78, 5) is 40.8. The van der Waals surface area contributed by atoms with Gasteiger partial charge in [-0.25, -0.2) is 9.18 Å². The second-order valence-corrected chi connectivity index (χ2v) is 8.15. The number of carbonyl (C=O) groups excluding carboxylic acids is 3. The van der Waals surface area contributed by atoms with Gasteiger partial charge >= 0.3 is 6.03 Å². The lowest BCUT2D eigenvalue weighted by molar-refractivity contribution is -0.135. The van der Waals surface area contributed by atoms with Crippen LogP contribution >= 0.6 is 0 Å². The zero-order chi connectivity index (χ0) is 19.9. The van der Waals surface area contributed by atoms with Crippen LogP contribution in [0.1, 0.15) is 51.0 Å². The highest BCUT2D eigenvalue weighted by atomic mass is 19.1. The van der Waals surface area contributed by atoms with Gasteiger partial charge in [0.25, 0.3) is 5.91 Å². The first-order chi connectivity index (χ1) is 13.4. The predicted molar refractivity (Wildman–Crippen MR) is 102 cm³/mol. The molecule has 0 unspecified atom stereocenters. The molecule has 7 heteroatoms. The molecule has 1 spiro atoms. The maximum atomic E-state index is 14.4. The molecule has 0 radical (unpaired) electrons. The average Bonchev–Trinajstić information content (AvgIpc) is 2.92. The number of amides is 4. The summed E-state index contributed by atoms with van der Waals surface area (Å²) in [6.07, 6.45) is 5.53. The van der Waals surface area contributed by atoms with Crippen molar-refractivity contribution in [3.63, 3.8) is 0 Å². The molecular formula is C21H26FN3O3. The molecule has 1 aromatic carbocycles. The fourth-order valence-electron chi connectivity index (χ4n) is 4.81. The van der Waals surface area contributed by atoms with Gasteiger partial charge in [0.15, 0.2) is 0 Å². The van der Waals surface area contributed by atoms with E-state index in [4.69, 9.17) is 0 Å². The van der Waals surface area contributed by atoms with Crippen molar-refractivity contribution in [1.29, 1.82) is 0 Å². The Morgan fingerprint density at radius 1 is 1.29 bits per heavy atom. The summed E-state index contributed by atoms with van der Waals surface area (Å²) in [6.45, 7) is 2.18. The Bertz CT molecular complexity index is 817. The number of para-hydroxylation sites is 1. The topological polar surface area (TPSA) is 69.7 Å². The summed E-state index contributed by atoms with van der Waals surface area (Å²) < 4.78 is 14.4. The Hall–Kier alpha value is -2.44. The van der Waals surface area contributed by atoms with Crippen LogP contribution in [0.25, 0.3) is 0 Å². The lowest BCUT2D eigenvalue weighted by Crippen LogP contribution is -2.50. The van der Waals surface area contributed by atoms with Crippen LogP contribution in [0.3, 0.4) is 0 Å². The molecule has 2 fully saturated rings. The van der Waals surface area contributed by atoms with Gasteiger partial charge < -0.3 is 10.2 Å². The van der Waals surface area contributed by atoms with E-state index in [2.05, 4.69) is 12.2 Å². The van der Waals surface area contributed by atoms with Crippen molar-refractivity contribution in [3.8, 4) is 0 Å². The van der Waals surface area contributed by atoms with E-state index in [-0.39, 0.29) is 18.1 Å². The second-order valence-electron chi connectivity index (χ2n) is 8.15. The summed E-state index contributed by atoms with van der Waals surface area (Å²) >= 11 is 0. The molecule has 1 N–H and O–H groups in total. The number of benzene rings is 1. The van der Waals surface area contributed by atoms with Gasteiger partial charge in [0, 0.05) is 6.54 Å².